The number of hydrogen-bond acceptors (Lipinski definition) is 2. The van der Waals surface area contributed by atoms with Crippen molar-refractivity contribution in [1.29, 1.82) is 0 Å². The molecular weight excluding hydrogens is 397 g/mol. The second-order valence-corrected chi connectivity index (χ2v) is 8.36. The lowest BCUT2D eigenvalue weighted by atomic mass is 10.0. The van der Waals surface area contributed by atoms with Crippen molar-refractivity contribution >= 4 is 40.9 Å². The molecule has 0 radical (unpaired) electrons. The number of rotatable bonds is 3. The maximum atomic E-state index is 13.1. The van der Waals surface area contributed by atoms with E-state index in [1.165, 1.54) is 0 Å². The van der Waals surface area contributed by atoms with Crippen LogP contribution in [-0.2, 0) is 0 Å². The zero-order valence-electron chi connectivity index (χ0n) is 14.4. The number of benzene rings is 3. The van der Waals surface area contributed by atoms with Gasteiger partial charge in [0.15, 0.2) is 0 Å². The molecule has 1 heterocycles. The van der Waals surface area contributed by atoms with E-state index < -0.39 is 0 Å². The molecule has 1 fully saturated rings. The van der Waals surface area contributed by atoms with E-state index in [0.29, 0.717) is 22.2 Å². The van der Waals surface area contributed by atoms with E-state index in [9.17, 15) is 4.79 Å². The maximum absolute atomic E-state index is 13.1. The minimum absolute atomic E-state index is 0.0237. The Bertz CT molecular complexity index is 960. The number of nitrogens with zero attached hydrogens (tertiary/aromatic N) is 1. The smallest absolute Gasteiger partial charge is 0.255 e. The summed E-state index contributed by atoms with van der Waals surface area (Å²) in [6.45, 7) is 0.702. The summed E-state index contributed by atoms with van der Waals surface area (Å²) >= 11 is 14.1. The molecule has 3 aromatic rings. The van der Waals surface area contributed by atoms with Gasteiger partial charge in [0.05, 0.1) is 0 Å². The van der Waals surface area contributed by atoms with Crippen LogP contribution in [0, 0.1) is 0 Å². The summed E-state index contributed by atoms with van der Waals surface area (Å²) in [6.07, 6.45) is 0. The number of hydrogen-bond donors (Lipinski definition) is 0. The van der Waals surface area contributed by atoms with Crippen molar-refractivity contribution in [3.8, 4) is 11.1 Å². The molecule has 1 unspecified atom stereocenters. The van der Waals surface area contributed by atoms with Crippen LogP contribution in [-0.4, -0.2) is 23.1 Å². The Labute approximate surface area is 173 Å². The first-order chi connectivity index (χ1) is 13.1. The molecule has 0 aromatic heterocycles. The van der Waals surface area contributed by atoms with Crippen LogP contribution in [0.5, 0.6) is 0 Å². The van der Waals surface area contributed by atoms with Crippen molar-refractivity contribution in [3.63, 3.8) is 0 Å². The first-order valence-corrected chi connectivity index (χ1v) is 10.5. The van der Waals surface area contributed by atoms with Crippen LogP contribution in [0.3, 0.4) is 0 Å². The molecule has 0 bridgehead atoms. The number of halogens is 2. The quantitative estimate of drug-likeness (QED) is 0.485. The number of carbonyl (C=O) groups is 1. The Kier molecular flexibility index (Phi) is 5.44. The molecule has 3 aromatic carbocycles. The molecule has 2 nitrogen and oxygen atoms in total. The molecule has 0 N–H and O–H groups in total. The highest BCUT2D eigenvalue weighted by atomic mass is 35.5. The average molecular weight is 414 g/mol. The van der Waals surface area contributed by atoms with Crippen molar-refractivity contribution in [3.05, 3.63) is 94.0 Å². The summed E-state index contributed by atoms with van der Waals surface area (Å²) in [5.41, 5.74) is 3.85. The van der Waals surface area contributed by atoms with Crippen molar-refractivity contribution in [1.82, 2.24) is 4.90 Å². The van der Waals surface area contributed by atoms with E-state index in [1.54, 1.807) is 17.8 Å². The molecule has 1 aliphatic heterocycles. The third-order valence-corrected chi connectivity index (χ3v) is 6.42. The molecule has 1 amide bonds. The maximum Gasteiger partial charge on any atom is 0.255 e. The summed E-state index contributed by atoms with van der Waals surface area (Å²) in [5, 5.41) is 1.11. The molecule has 1 atom stereocenters. The lowest BCUT2D eigenvalue weighted by molar-refractivity contribution is 0.0760. The van der Waals surface area contributed by atoms with Crippen LogP contribution < -0.4 is 0 Å². The largest absolute Gasteiger partial charge is 0.322 e. The summed E-state index contributed by atoms with van der Waals surface area (Å²) < 4.78 is 0. The molecule has 4 rings (SSSR count). The lowest BCUT2D eigenvalue weighted by Gasteiger charge is -2.25. The van der Waals surface area contributed by atoms with Gasteiger partial charge in [-0.3, -0.25) is 4.79 Å². The molecule has 27 heavy (non-hydrogen) atoms. The molecular formula is C22H17Cl2NOS. The Balaban J connectivity index is 1.58. The number of thioether (sulfide) groups is 1. The monoisotopic (exact) mass is 413 g/mol. The van der Waals surface area contributed by atoms with Crippen molar-refractivity contribution in [2.24, 2.45) is 0 Å². The Morgan fingerprint density at radius 3 is 2.33 bits per heavy atom. The Morgan fingerprint density at radius 1 is 0.926 bits per heavy atom. The van der Waals surface area contributed by atoms with Gasteiger partial charge in [0.25, 0.3) is 5.91 Å². The van der Waals surface area contributed by atoms with Crippen LogP contribution >= 0.6 is 35.0 Å². The van der Waals surface area contributed by atoms with E-state index in [2.05, 4.69) is 12.1 Å². The van der Waals surface area contributed by atoms with Crippen LogP contribution in [0.4, 0.5) is 0 Å². The predicted octanol–water partition coefficient (Wildman–Crippen LogP) is 6.55. The van der Waals surface area contributed by atoms with E-state index in [0.717, 1.165) is 22.4 Å². The third-order valence-electron chi connectivity index (χ3n) is 4.62. The normalized spacial score (nSPS) is 16.5. The van der Waals surface area contributed by atoms with Gasteiger partial charge in [-0.2, -0.15) is 0 Å². The molecule has 1 saturated heterocycles. The van der Waals surface area contributed by atoms with Gasteiger partial charge >= 0.3 is 0 Å². The highest BCUT2D eigenvalue weighted by Gasteiger charge is 2.32. The number of carbonyl (C=O) groups excluding carboxylic acids is 1. The summed E-state index contributed by atoms with van der Waals surface area (Å²) in [7, 11) is 0. The lowest BCUT2D eigenvalue weighted by Crippen LogP contribution is -2.30. The second kappa shape index (κ2) is 7.97. The van der Waals surface area contributed by atoms with Crippen molar-refractivity contribution in [2.75, 3.05) is 12.3 Å². The zero-order valence-corrected chi connectivity index (χ0v) is 16.8. The van der Waals surface area contributed by atoms with E-state index >= 15 is 0 Å². The minimum Gasteiger partial charge on any atom is -0.322 e. The highest BCUT2D eigenvalue weighted by molar-refractivity contribution is 7.99. The zero-order chi connectivity index (χ0) is 18.8. The van der Waals surface area contributed by atoms with Gasteiger partial charge in [-0.05, 0) is 35.4 Å². The summed E-state index contributed by atoms with van der Waals surface area (Å²) in [6, 6.07) is 23.4. The molecule has 5 heteroatoms. The van der Waals surface area contributed by atoms with Crippen LogP contribution in [0.1, 0.15) is 21.3 Å². The SMILES string of the molecule is O=C(c1ccc(-c2ccccc2)cc1)N1CCSC1c1ccc(Cl)cc1Cl. The Hall–Kier alpha value is -1.94. The number of amides is 1. The van der Waals surface area contributed by atoms with Gasteiger partial charge in [-0.15, -0.1) is 11.8 Å². The van der Waals surface area contributed by atoms with E-state index in [-0.39, 0.29) is 11.3 Å². The fraction of sp³-hybridized carbons (Fsp3) is 0.136. The van der Waals surface area contributed by atoms with Crippen molar-refractivity contribution in [2.45, 2.75) is 5.37 Å². The highest BCUT2D eigenvalue weighted by Crippen LogP contribution is 2.42. The first-order valence-electron chi connectivity index (χ1n) is 8.66. The van der Waals surface area contributed by atoms with Gasteiger partial charge in [0, 0.05) is 33.5 Å². The first kappa shape index (κ1) is 18.4. The molecule has 0 saturated carbocycles. The second-order valence-electron chi connectivity index (χ2n) is 6.33. The average Bonchev–Trinajstić information content (AvgIpc) is 3.18. The topological polar surface area (TPSA) is 20.3 Å². The van der Waals surface area contributed by atoms with Gasteiger partial charge < -0.3 is 4.90 Å². The predicted molar refractivity (Wildman–Crippen MR) is 115 cm³/mol. The van der Waals surface area contributed by atoms with E-state index in [4.69, 9.17) is 23.2 Å². The van der Waals surface area contributed by atoms with Crippen LogP contribution in [0.2, 0.25) is 10.0 Å². The van der Waals surface area contributed by atoms with Gasteiger partial charge in [-0.25, -0.2) is 0 Å². The molecule has 136 valence electrons. The van der Waals surface area contributed by atoms with Gasteiger partial charge in [0.1, 0.15) is 5.37 Å². The van der Waals surface area contributed by atoms with Gasteiger partial charge in [0.2, 0.25) is 0 Å². The summed E-state index contributed by atoms with van der Waals surface area (Å²) in [5.74, 6) is 0.910. The van der Waals surface area contributed by atoms with E-state index in [1.807, 2.05) is 59.5 Å². The standard InChI is InChI=1S/C22H17Cl2NOS/c23-18-10-11-19(20(24)14-18)22-25(12-13-27-22)21(26)17-8-6-16(7-9-17)15-4-2-1-3-5-15/h1-11,14,22H,12-13H2. The minimum atomic E-state index is -0.0870. The molecule has 0 spiro atoms. The van der Waals surface area contributed by atoms with Crippen molar-refractivity contribution < 1.29 is 4.79 Å². The fourth-order valence-electron chi connectivity index (χ4n) is 3.24. The fourth-order valence-corrected chi connectivity index (χ4v) is 5.11. The Morgan fingerprint density at radius 2 is 1.63 bits per heavy atom. The van der Waals surface area contributed by atoms with Crippen LogP contribution in [0.25, 0.3) is 11.1 Å². The van der Waals surface area contributed by atoms with Crippen LogP contribution in [0.15, 0.2) is 72.8 Å². The summed E-state index contributed by atoms with van der Waals surface area (Å²) in [4.78, 5) is 15.0. The molecule has 0 aliphatic carbocycles. The third kappa shape index (κ3) is 3.86. The van der Waals surface area contributed by atoms with Gasteiger partial charge in [-0.1, -0.05) is 71.7 Å². The molecule has 1 aliphatic rings.